The second-order valence-corrected chi connectivity index (χ2v) is 5.57. The second kappa shape index (κ2) is 6.21. The first kappa shape index (κ1) is 13.3. The Morgan fingerprint density at radius 2 is 1.65 bits per heavy atom. The Balaban J connectivity index is 1.50. The maximum absolute atomic E-state index is 6.19. The lowest BCUT2D eigenvalue weighted by Gasteiger charge is -2.14. The van der Waals surface area contributed by atoms with Crippen LogP contribution in [0.5, 0.6) is 0 Å². The SMILES string of the molecule is NC1CC(NCCCc2ccccc2)c2ccccc21. The standard InChI is InChI=1S/C18H22N2/c19-17-13-18(16-11-5-4-10-15(16)17)20-12-6-9-14-7-2-1-3-8-14/h1-5,7-8,10-11,17-18,20H,6,9,12-13,19H2. The molecule has 0 aliphatic heterocycles. The van der Waals surface area contributed by atoms with E-state index in [1.54, 1.807) is 0 Å². The molecule has 2 heteroatoms. The molecule has 1 aliphatic carbocycles. The summed E-state index contributed by atoms with van der Waals surface area (Å²) in [5, 5.41) is 3.66. The minimum absolute atomic E-state index is 0.192. The van der Waals surface area contributed by atoms with Crippen molar-refractivity contribution < 1.29 is 0 Å². The summed E-state index contributed by atoms with van der Waals surface area (Å²) < 4.78 is 0. The highest BCUT2D eigenvalue weighted by atomic mass is 14.9. The third-order valence-electron chi connectivity index (χ3n) is 4.14. The van der Waals surface area contributed by atoms with Gasteiger partial charge in [0.05, 0.1) is 0 Å². The van der Waals surface area contributed by atoms with E-state index in [1.165, 1.54) is 16.7 Å². The number of hydrogen-bond donors (Lipinski definition) is 2. The van der Waals surface area contributed by atoms with Crippen molar-refractivity contribution in [3.63, 3.8) is 0 Å². The van der Waals surface area contributed by atoms with Crippen molar-refractivity contribution in [3.8, 4) is 0 Å². The van der Waals surface area contributed by atoms with Gasteiger partial charge in [0.2, 0.25) is 0 Å². The van der Waals surface area contributed by atoms with Gasteiger partial charge in [-0.05, 0) is 42.5 Å². The Morgan fingerprint density at radius 3 is 2.45 bits per heavy atom. The minimum atomic E-state index is 0.192. The van der Waals surface area contributed by atoms with E-state index in [2.05, 4.69) is 59.9 Å². The highest BCUT2D eigenvalue weighted by Crippen LogP contribution is 2.36. The Bertz CT molecular complexity index is 550. The molecule has 0 saturated carbocycles. The molecule has 0 saturated heterocycles. The molecule has 0 fully saturated rings. The molecule has 2 unspecified atom stereocenters. The molecular weight excluding hydrogens is 244 g/mol. The van der Waals surface area contributed by atoms with Gasteiger partial charge < -0.3 is 11.1 Å². The zero-order valence-electron chi connectivity index (χ0n) is 11.8. The van der Waals surface area contributed by atoms with Crippen LogP contribution in [-0.4, -0.2) is 6.54 Å². The summed E-state index contributed by atoms with van der Waals surface area (Å²) in [6.45, 7) is 1.04. The van der Waals surface area contributed by atoms with Gasteiger partial charge in [0.15, 0.2) is 0 Å². The average Bonchev–Trinajstić information content (AvgIpc) is 2.82. The van der Waals surface area contributed by atoms with Crippen LogP contribution in [0, 0.1) is 0 Å². The fourth-order valence-electron chi connectivity index (χ4n) is 3.08. The van der Waals surface area contributed by atoms with Crippen molar-refractivity contribution >= 4 is 0 Å². The van der Waals surface area contributed by atoms with Crippen molar-refractivity contribution in [1.82, 2.24) is 5.32 Å². The molecule has 3 rings (SSSR count). The lowest BCUT2D eigenvalue weighted by molar-refractivity contribution is 0.492. The largest absolute Gasteiger partial charge is 0.324 e. The van der Waals surface area contributed by atoms with Crippen LogP contribution >= 0.6 is 0 Å². The smallest absolute Gasteiger partial charge is 0.0341 e. The topological polar surface area (TPSA) is 38.0 Å². The van der Waals surface area contributed by atoms with E-state index in [0.717, 1.165) is 25.8 Å². The molecule has 0 spiro atoms. The van der Waals surface area contributed by atoms with Gasteiger partial charge in [0.25, 0.3) is 0 Å². The van der Waals surface area contributed by atoms with Crippen molar-refractivity contribution in [1.29, 1.82) is 0 Å². The zero-order chi connectivity index (χ0) is 13.8. The molecule has 2 atom stereocenters. The molecule has 0 radical (unpaired) electrons. The molecule has 3 N–H and O–H groups in total. The Morgan fingerprint density at radius 1 is 0.950 bits per heavy atom. The van der Waals surface area contributed by atoms with Crippen LogP contribution in [0.4, 0.5) is 0 Å². The summed E-state index contributed by atoms with van der Waals surface area (Å²) in [6.07, 6.45) is 3.32. The molecule has 1 aliphatic rings. The Labute approximate surface area is 121 Å². The van der Waals surface area contributed by atoms with E-state index in [9.17, 15) is 0 Å². The predicted octanol–water partition coefficient (Wildman–Crippen LogP) is 3.35. The average molecular weight is 266 g/mol. The normalized spacial score (nSPS) is 20.9. The number of rotatable bonds is 5. The highest BCUT2D eigenvalue weighted by Gasteiger charge is 2.27. The van der Waals surface area contributed by atoms with Crippen LogP contribution < -0.4 is 11.1 Å². The van der Waals surface area contributed by atoms with Crippen LogP contribution in [0.1, 0.15) is 41.6 Å². The number of fused-ring (bicyclic) bond motifs is 1. The number of benzene rings is 2. The van der Waals surface area contributed by atoms with E-state index in [-0.39, 0.29) is 6.04 Å². The number of hydrogen-bond acceptors (Lipinski definition) is 2. The third-order valence-corrected chi connectivity index (χ3v) is 4.14. The molecule has 2 aromatic rings. The summed E-state index contributed by atoms with van der Waals surface area (Å²) >= 11 is 0. The van der Waals surface area contributed by atoms with Gasteiger partial charge in [-0.25, -0.2) is 0 Å². The molecule has 104 valence electrons. The summed E-state index contributed by atoms with van der Waals surface area (Å²) in [4.78, 5) is 0. The lowest BCUT2D eigenvalue weighted by Crippen LogP contribution is -2.21. The highest BCUT2D eigenvalue weighted by molar-refractivity contribution is 5.37. The predicted molar refractivity (Wildman–Crippen MR) is 83.5 cm³/mol. The first-order valence-corrected chi connectivity index (χ1v) is 7.46. The van der Waals surface area contributed by atoms with Gasteiger partial charge in [-0.3, -0.25) is 0 Å². The summed E-state index contributed by atoms with van der Waals surface area (Å²) in [5.41, 5.74) is 10.3. The van der Waals surface area contributed by atoms with Gasteiger partial charge >= 0.3 is 0 Å². The maximum Gasteiger partial charge on any atom is 0.0341 e. The van der Waals surface area contributed by atoms with E-state index in [0.29, 0.717) is 6.04 Å². The van der Waals surface area contributed by atoms with Gasteiger partial charge in [-0.15, -0.1) is 0 Å². The van der Waals surface area contributed by atoms with Gasteiger partial charge in [0, 0.05) is 12.1 Å². The first-order valence-electron chi connectivity index (χ1n) is 7.46. The second-order valence-electron chi connectivity index (χ2n) is 5.57. The van der Waals surface area contributed by atoms with Crippen molar-refractivity contribution in [2.45, 2.75) is 31.3 Å². The van der Waals surface area contributed by atoms with Crippen molar-refractivity contribution in [3.05, 3.63) is 71.3 Å². The van der Waals surface area contributed by atoms with Gasteiger partial charge in [-0.2, -0.15) is 0 Å². The third kappa shape index (κ3) is 2.92. The lowest BCUT2D eigenvalue weighted by atomic mass is 10.1. The number of nitrogens with two attached hydrogens (primary N) is 1. The van der Waals surface area contributed by atoms with E-state index < -0.39 is 0 Å². The molecule has 0 aromatic heterocycles. The first-order chi connectivity index (χ1) is 9.84. The fraction of sp³-hybridized carbons (Fsp3) is 0.333. The van der Waals surface area contributed by atoms with E-state index in [4.69, 9.17) is 5.73 Å². The van der Waals surface area contributed by atoms with E-state index in [1.807, 2.05) is 0 Å². The van der Waals surface area contributed by atoms with Crippen LogP contribution in [0.15, 0.2) is 54.6 Å². The molecular formula is C18H22N2. The molecule has 0 heterocycles. The fourth-order valence-corrected chi connectivity index (χ4v) is 3.08. The van der Waals surface area contributed by atoms with Crippen LogP contribution in [0.25, 0.3) is 0 Å². The van der Waals surface area contributed by atoms with Gasteiger partial charge in [0.1, 0.15) is 0 Å². The van der Waals surface area contributed by atoms with Crippen molar-refractivity contribution in [2.24, 2.45) is 5.73 Å². The van der Waals surface area contributed by atoms with Crippen LogP contribution in [0.3, 0.4) is 0 Å². The van der Waals surface area contributed by atoms with Gasteiger partial charge in [-0.1, -0.05) is 54.6 Å². The van der Waals surface area contributed by atoms with Crippen LogP contribution in [0.2, 0.25) is 0 Å². The molecule has 2 aromatic carbocycles. The number of aryl methyl sites for hydroxylation is 1. The molecule has 2 nitrogen and oxygen atoms in total. The Hall–Kier alpha value is -1.64. The zero-order valence-corrected chi connectivity index (χ0v) is 11.8. The number of nitrogens with one attached hydrogen (secondary N) is 1. The molecule has 0 bridgehead atoms. The Kier molecular flexibility index (Phi) is 4.14. The summed E-state index contributed by atoms with van der Waals surface area (Å²) in [7, 11) is 0. The molecule has 0 amide bonds. The summed E-state index contributed by atoms with van der Waals surface area (Å²) in [6, 6.07) is 19.8. The monoisotopic (exact) mass is 266 g/mol. The quantitative estimate of drug-likeness (QED) is 0.814. The molecule has 20 heavy (non-hydrogen) atoms. The van der Waals surface area contributed by atoms with Crippen molar-refractivity contribution in [2.75, 3.05) is 6.54 Å². The maximum atomic E-state index is 6.19. The summed E-state index contributed by atoms with van der Waals surface area (Å²) in [5.74, 6) is 0. The van der Waals surface area contributed by atoms with Crippen LogP contribution in [-0.2, 0) is 6.42 Å². The van der Waals surface area contributed by atoms with E-state index >= 15 is 0 Å². The minimum Gasteiger partial charge on any atom is -0.324 e.